The molecule has 0 aromatic heterocycles. The fourth-order valence-electron chi connectivity index (χ4n) is 2.13. The molecule has 0 bridgehead atoms. The van der Waals surface area contributed by atoms with Gasteiger partial charge >= 0.3 is 6.03 Å². The lowest BCUT2D eigenvalue weighted by molar-refractivity contribution is 0.173. The summed E-state index contributed by atoms with van der Waals surface area (Å²) in [6.07, 6.45) is -0.698. The van der Waals surface area contributed by atoms with Crippen LogP contribution < -0.4 is 10.6 Å². The summed E-state index contributed by atoms with van der Waals surface area (Å²) < 4.78 is 38.8. The molecule has 2 aromatic rings. The van der Waals surface area contributed by atoms with Gasteiger partial charge in [-0.2, -0.15) is 0 Å². The van der Waals surface area contributed by atoms with E-state index in [0.29, 0.717) is 11.1 Å². The molecule has 0 aliphatic rings. The van der Waals surface area contributed by atoms with Gasteiger partial charge in [-0.05, 0) is 41.8 Å². The van der Waals surface area contributed by atoms with Crippen molar-refractivity contribution in [3.8, 4) is 0 Å². The summed E-state index contributed by atoms with van der Waals surface area (Å²) in [4.78, 5) is 11.6. The van der Waals surface area contributed by atoms with Crippen molar-refractivity contribution in [3.63, 3.8) is 0 Å². The molecule has 0 aliphatic carbocycles. The Morgan fingerprint density at radius 1 is 0.958 bits per heavy atom. The van der Waals surface area contributed by atoms with Crippen LogP contribution in [-0.4, -0.2) is 24.2 Å². The molecule has 0 saturated carbocycles. The molecule has 128 valence electrons. The zero-order valence-corrected chi connectivity index (χ0v) is 12.7. The molecule has 3 N–H and O–H groups in total. The Labute approximate surface area is 137 Å². The monoisotopic (exact) mass is 338 g/mol. The minimum absolute atomic E-state index is 0.0495. The van der Waals surface area contributed by atoms with Crippen LogP contribution in [0.15, 0.2) is 42.5 Å². The molecule has 0 fully saturated rings. The van der Waals surface area contributed by atoms with E-state index in [2.05, 4.69) is 10.6 Å². The predicted molar refractivity (Wildman–Crippen MR) is 82.8 cm³/mol. The van der Waals surface area contributed by atoms with Gasteiger partial charge in [0.25, 0.3) is 0 Å². The summed E-state index contributed by atoms with van der Waals surface area (Å²) in [6.45, 7) is 0.132. The second-order valence-corrected chi connectivity index (χ2v) is 5.23. The highest BCUT2D eigenvalue weighted by Crippen LogP contribution is 2.12. The number of urea groups is 1. The first-order valence-corrected chi connectivity index (χ1v) is 7.34. The number of carbonyl (C=O) groups excluding carboxylic acids is 1. The highest BCUT2D eigenvalue weighted by molar-refractivity contribution is 5.73. The number of carbonyl (C=O) groups is 1. The van der Waals surface area contributed by atoms with Crippen LogP contribution in [-0.2, 0) is 6.42 Å². The van der Waals surface area contributed by atoms with Crippen molar-refractivity contribution in [1.29, 1.82) is 0 Å². The lowest BCUT2D eigenvalue weighted by Crippen LogP contribution is -2.38. The van der Waals surface area contributed by atoms with E-state index in [1.165, 1.54) is 36.4 Å². The number of aliphatic hydroxyl groups excluding tert-OH is 1. The molecular weight excluding hydrogens is 321 g/mol. The minimum Gasteiger partial charge on any atom is -0.387 e. The largest absolute Gasteiger partial charge is 0.387 e. The van der Waals surface area contributed by atoms with Gasteiger partial charge < -0.3 is 15.7 Å². The number of halogens is 3. The van der Waals surface area contributed by atoms with Gasteiger partial charge in [-0.15, -0.1) is 0 Å². The summed E-state index contributed by atoms with van der Waals surface area (Å²) in [7, 11) is 0. The van der Waals surface area contributed by atoms with Gasteiger partial charge in [0.2, 0.25) is 0 Å². The van der Waals surface area contributed by atoms with E-state index in [0.717, 1.165) is 6.07 Å². The number of nitrogens with one attached hydrogen (secondary N) is 2. The molecule has 7 heteroatoms. The highest BCUT2D eigenvalue weighted by Gasteiger charge is 2.09. The van der Waals surface area contributed by atoms with Crippen molar-refractivity contribution >= 4 is 6.03 Å². The fourth-order valence-corrected chi connectivity index (χ4v) is 2.13. The van der Waals surface area contributed by atoms with Crippen LogP contribution in [0.3, 0.4) is 0 Å². The third kappa shape index (κ3) is 5.58. The van der Waals surface area contributed by atoms with E-state index in [4.69, 9.17) is 0 Å². The van der Waals surface area contributed by atoms with Crippen LogP contribution in [0.1, 0.15) is 17.2 Å². The summed E-state index contributed by atoms with van der Waals surface area (Å²) in [6, 6.07) is 7.94. The fraction of sp³-hybridized carbons (Fsp3) is 0.235. The van der Waals surface area contributed by atoms with E-state index in [9.17, 15) is 23.1 Å². The summed E-state index contributed by atoms with van der Waals surface area (Å²) >= 11 is 0. The molecule has 0 heterocycles. The highest BCUT2D eigenvalue weighted by atomic mass is 19.1. The Hall–Kier alpha value is -2.54. The first kappa shape index (κ1) is 17.8. The molecule has 2 rings (SSSR count). The average molecular weight is 338 g/mol. The zero-order chi connectivity index (χ0) is 17.5. The van der Waals surface area contributed by atoms with Gasteiger partial charge in [-0.1, -0.05) is 12.1 Å². The Balaban J connectivity index is 1.72. The Kier molecular flexibility index (Phi) is 6.20. The third-order valence-electron chi connectivity index (χ3n) is 3.33. The standard InChI is InChI=1S/C17H17F3N2O2/c18-13-3-1-12(2-4-13)16(23)10-22-17(24)21-6-5-11-7-14(19)9-15(20)8-11/h1-4,7-9,16,23H,5-6,10H2,(H2,21,22,24). The quantitative estimate of drug-likeness (QED) is 0.758. The maximum Gasteiger partial charge on any atom is 0.314 e. The number of hydrogen-bond donors (Lipinski definition) is 3. The first-order chi connectivity index (χ1) is 11.4. The van der Waals surface area contributed by atoms with Crippen molar-refractivity contribution in [2.75, 3.05) is 13.1 Å². The molecular formula is C17H17F3N2O2. The second-order valence-electron chi connectivity index (χ2n) is 5.23. The average Bonchev–Trinajstić information content (AvgIpc) is 2.52. The first-order valence-electron chi connectivity index (χ1n) is 7.34. The van der Waals surface area contributed by atoms with Crippen LogP contribution in [0.25, 0.3) is 0 Å². The van der Waals surface area contributed by atoms with E-state index in [-0.39, 0.29) is 19.5 Å². The molecule has 24 heavy (non-hydrogen) atoms. The summed E-state index contributed by atoms with van der Waals surface area (Å²) in [5.41, 5.74) is 0.908. The lowest BCUT2D eigenvalue weighted by atomic mass is 10.1. The Morgan fingerprint density at radius 2 is 1.58 bits per heavy atom. The van der Waals surface area contributed by atoms with E-state index in [1.54, 1.807) is 0 Å². The van der Waals surface area contributed by atoms with E-state index < -0.39 is 29.6 Å². The molecule has 1 atom stereocenters. The third-order valence-corrected chi connectivity index (χ3v) is 3.33. The van der Waals surface area contributed by atoms with Crippen LogP contribution in [0, 0.1) is 17.5 Å². The predicted octanol–water partition coefficient (Wildman–Crippen LogP) is 2.68. The second kappa shape index (κ2) is 8.35. The molecule has 1 unspecified atom stereocenters. The van der Waals surface area contributed by atoms with E-state index in [1.807, 2.05) is 0 Å². The Morgan fingerprint density at radius 3 is 2.21 bits per heavy atom. The molecule has 0 saturated heterocycles. The minimum atomic E-state index is -0.964. The van der Waals surface area contributed by atoms with Gasteiger partial charge in [0.05, 0.1) is 6.10 Å². The van der Waals surface area contributed by atoms with Crippen molar-refractivity contribution in [2.24, 2.45) is 0 Å². The number of rotatable bonds is 6. The Bertz CT molecular complexity index is 672. The lowest BCUT2D eigenvalue weighted by Gasteiger charge is -2.13. The van der Waals surface area contributed by atoms with Gasteiger partial charge in [0.15, 0.2) is 0 Å². The van der Waals surface area contributed by atoms with Crippen LogP contribution in [0.5, 0.6) is 0 Å². The maximum atomic E-state index is 13.0. The molecule has 2 aromatic carbocycles. The van der Waals surface area contributed by atoms with Crippen molar-refractivity contribution in [3.05, 3.63) is 71.0 Å². The topological polar surface area (TPSA) is 61.4 Å². The van der Waals surface area contributed by atoms with Gasteiger partial charge in [0.1, 0.15) is 17.5 Å². The van der Waals surface area contributed by atoms with Crippen LogP contribution >= 0.6 is 0 Å². The number of amides is 2. The molecule has 4 nitrogen and oxygen atoms in total. The van der Waals surface area contributed by atoms with Crippen LogP contribution in [0.4, 0.5) is 18.0 Å². The van der Waals surface area contributed by atoms with E-state index >= 15 is 0 Å². The maximum absolute atomic E-state index is 13.0. The van der Waals surface area contributed by atoms with Crippen LogP contribution in [0.2, 0.25) is 0 Å². The van der Waals surface area contributed by atoms with Crippen molar-refractivity contribution < 1.29 is 23.1 Å². The number of aliphatic hydroxyl groups is 1. The number of hydrogen-bond acceptors (Lipinski definition) is 2. The molecule has 0 aliphatic heterocycles. The molecule has 2 amide bonds. The van der Waals surface area contributed by atoms with Gasteiger partial charge in [-0.25, -0.2) is 18.0 Å². The summed E-state index contributed by atoms with van der Waals surface area (Å²) in [5, 5.41) is 14.9. The van der Waals surface area contributed by atoms with Crippen molar-refractivity contribution in [1.82, 2.24) is 10.6 Å². The normalized spacial score (nSPS) is 11.8. The zero-order valence-electron chi connectivity index (χ0n) is 12.7. The summed E-state index contributed by atoms with van der Waals surface area (Å²) in [5.74, 6) is -1.75. The van der Waals surface area contributed by atoms with Gasteiger partial charge in [0, 0.05) is 19.2 Å². The van der Waals surface area contributed by atoms with Gasteiger partial charge in [-0.3, -0.25) is 0 Å². The number of benzene rings is 2. The molecule has 0 radical (unpaired) electrons. The van der Waals surface area contributed by atoms with Crippen molar-refractivity contribution in [2.45, 2.75) is 12.5 Å². The smallest absolute Gasteiger partial charge is 0.314 e. The SMILES string of the molecule is O=C(NCCc1cc(F)cc(F)c1)NCC(O)c1ccc(F)cc1. The molecule has 0 spiro atoms.